The average Bonchev–Trinajstić information content (AvgIpc) is 1.98. The van der Waals surface area contributed by atoms with Crippen molar-refractivity contribution >= 4 is 5.69 Å². The molecular formula is C10H15NO. The first kappa shape index (κ1) is 9.07. The van der Waals surface area contributed by atoms with Crippen LogP contribution < -0.4 is 5.32 Å². The van der Waals surface area contributed by atoms with Crippen LogP contribution in [0.4, 0.5) is 5.69 Å². The third-order valence-corrected chi connectivity index (χ3v) is 1.97. The number of anilines is 1. The summed E-state index contributed by atoms with van der Waals surface area (Å²) in [6.45, 7) is 5.81. The molecule has 2 heteroatoms. The van der Waals surface area contributed by atoms with Gasteiger partial charge in [-0.25, -0.2) is 0 Å². The third-order valence-electron chi connectivity index (χ3n) is 1.97. The highest BCUT2D eigenvalue weighted by atomic mass is 16.3. The lowest BCUT2D eigenvalue weighted by Gasteiger charge is -2.13. The van der Waals surface area contributed by atoms with Crippen LogP contribution in [0.3, 0.4) is 0 Å². The van der Waals surface area contributed by atoms with Gasteiger partial charge >= 0.3 is 0 Å². The van der Waals surface area contributed by atoms with Crippen molar-refractivity contribution in [2.45, 2.75) is 27.0 Å². The Morgan fingerprint density at radius 3 is 2.58 bits per heavy atom. The molecule has 0 radical (unpaired) electrons. The Kier molecular flexibility index (Phi) is 2.71. The Hall–Kier alpha value is -1.02. The van der Waals surface area contributed by atoms with E-state index in [4.69, 9.17) is 5.11 Å². The first-order valence-corrected chi connectivity index (χ1v) is 4.12. The van der Waals surface area contributed by atoms with E-state index in [2.05, 4.69) is 18.3 Å². The molecule has 1 aromatic rings. The lowest BCUT2D eigenvalue weighted by atomic mass is 10.1. The standard InChI is InChI=1S/C10H15NO/c1-7-5-4-6-10(8(7)2)11-9(3)12/h4-6,9,11-12H,1-3H3. The molecule has 2 nitrogen and oxygen atoms in total. The van der Waals surface area contributed by atoms with E-state index in [0.717, 1.165) is 5.69 Å². The smallest absolute Gasteiger partial charge is 0.121 e. The quantitative estimate of drug-likeness (QED) is 0.657. The minimum absolute atomic E-state index is 0.495. The zero-order valence-corrected chi connectivity index (χ0v) is 7.76. The lowest BCUT2D eigenvalue weighted by molar-refractivity contribution is 0.224. The molecule has 0 saturated heterocycles. The van der Waals surface area contributed by atoms with E-state index < -0.39 is 6.23 Å². The van der Waals surface area contributed by atoms with Gasteiger partial charge in [0, 0.05) is 5.69 Å². The predicted molar refractivity (Wildman–Crippen MR) is 51.2 cm³/mol. The van der Waals surface area contributed by atoms with Crippen molar-refractivity contribution in [1.82, 2.24) is 0 Å². The average molecular weight is 165 g/mol. The number of aryl methyl sites for hydroxylation is 1. The molecule has 0 bridgehead atoms. The van der Waals surface area contributed by atoms with E-state index in [1.807, 2.05) is 19.1 Å². The monoisotopic (exact) mass is 165 g/mol. The number of hydrogen-bond acceptors (Lipinski definition) is 2. The molecule has 1 rings (SSSR count). The summed E-state index contributed by atoms with van der Waals surface area (Å²) >= 11 is 0. The van der Waals surface area contributed by atoms with Crippen molar-refractivity contribution in [3.63, 3.8) is 0 Å². The number of aliphatic hydroxyl groups is 1. The molecule has 1 atom stereocenters. The van der Waals surface area contributed by atoms with E-state index in [-0.39, 0.29) is 0 Å². The zero-order valence-electron chi connectivity index (χ0n) is 7.76. The van der Waals surface area contributed by atoms with Crippen LogP contribution in [0.2, 0.25) is 0 Å². The molecule has 0 aliphatic heterocycles. The molecule has 2 N–H and O–H groups in total. The highest BCUT2D eigenvalue weighted by Crippen LogP contribution is 2.18. The number of rotatable bonds is 2. The molecule has 66 valence electrons. The minimum atomic E-state index is -0.495. The summed E-state index contributed by atoms with van der Waals surface area (Å²) in [6, 6.07) is 6.00. The van der Waals surface area contributed by atoms with Crippen LogP contribution in [0.1, 0.15) is 18.1 Å². The van der Waals surface area contributed by atoms with Crippen LogP contribution in [-0.4, -0.2) is 11.3 Å². The molecular weight excluding hydrogens is 150 g/mol. The van der Waals surface area contributed by atoms with E-state index in [1.54, 1.807) is 6.92 Å². The van der Waals surface area contributed by atoms with Gasteiger partial charge in [-0.15, -0.1) is 0 Å². The van der Waals surface area contributed by atoms with Gasteiger partial charge in [0.15, 0.2) is 0 Å². The van der Waals surface area contributed by atoms with Crippen LogP contribution >= 0.6 is 0 Å². The van der Waals surface area contributed by atoms with Crippen molar-refractivity contribution < 1.29 is 5.11 Å². The lowest BCUT2D eigenvalue weighted by Crippen LogP contribution is -2.14. The van der Waals surface area contributed by atoms with Gasteiger partial charge in [-0.05, 0) is 38.0 Å². The second-order valence-electron chi connectivity index (χ2n) is 3.07. The molecule has 12 heavy (non-hydrogen) atoms. The highest BCUT2D eigenvalue weighted by Gasteiger charge is 2.01. The maximum Gasteiger partial charge on any atom is 0.121 e. The molecule has 0 aliphatic carbocycles. The Bertz CT molecular complexity index is 269. The van der Waals surface area contributed by atoms with Crippen LogP contribution in [0.15, 0.2) is 18.2 Å². The van der Waals surface area contributed by atoms with E-state index in [9.17, 15) is 0 Å². The summed E-state index contributed by atoms with van der Waals surface area (Å²) in [6.07, 6.45) is -0.495. The largest absolute Gasteiger partial charge is 0.374 e. The second kappa shape index (κ2) is 3.59. The molecule has 0 aromatic heterocycles. The van der Waals surface area contributed by atoms with Gasteiger partial charge in [0.2, 0.25) is 0 Å². The molecule has 0 saturated carbocycles. The molecule has 0 spiro atoms. The number of nitrogens with one attached hydrogen (secondary N) is 1. The van der Waals surface area contributed by atoms with Crippen molar-refractivity contribution in [2.75, 3.05) is 5.32 Å². The number of aliphatic hydroxyl groups excluding tert-OH is 1. The molecule has 0 aliphatic rings. The maximum atomic E-state index is 9.11. The van der Waals surface area contributed by atoms with Gasteiger partial charge in [-0.3, -0.25) is 0 Å². The van der Waals surface area contributed by atoms with Crippen LogP contribution in [0.25, 0.3) is 0 Å². The minimum Gasteiger partial charge on any atom is -0.374 e. The Balaban J connectivity index is 2.92. The Morgan fingerprint density at radius 2 is 2.00 bits per heavy atom. The number of hydrogen-bond donors (Lipinski definition) is 2. The van der Waals surface area contributed by atoms with Crippen molar-refractivity contribution in [3.05, 3.63) is 29.3 Å². The molecule has 0 amide bonds. The van der Waals surface area contributed by atoms with Gasteiger partial charge in [0.1, 0.15) is 6.23 Å². The SMILES string of the molecule is Cc1cccc(NC(C)O)c1C. The second-order valence-corrected chi connectivity index (χ2v) is 3.07. The summed E-state index contributed by atoms with van der Waals surface area (Å²) < 4.78 is 0. The first-order chi connectivity index (χ1) is 5.61. The normalized spacial score (nSPS) is 12.7. The maximum absolute atomic E-state index is 9.11. The third kappa shape index (κ3) is 1.98. The topological polar surface area (TPSA) is 32.3 Å². The van der Waals surface area contributed by atoms with Crippen molar-refractivity contribution in [2.24, 2.45) is 0 Å². The summed E-state index contributed by atoms with van der Waals surface area (Å²) in [7, 11) is 0. The van der Waals surface area contributed by atoms with Gasteiger partial charge in [-0.1, -0.05) is 12.1 Å². The zero-order chi connectivity index (χ0) is 9.14. The summed E-state index contributed by atoms with van der Waals surface area (Å²) in [5, 5.41) is 12.1. The fourth-order valence-corrected chi connectivity index (χ4v) is 1.13. The van der Waals surface area contributed by atoms with Gasteiger partial charge in [0.25, 0.3) is 0 Å². The first-order valence-electron chi connectivity index (χ1n) is 4.12. The molecule has 0 fully saturated rings. The fourth-order valence-electron chi connectivity index (χ4n) is 1.13. The summed E-state index contributed by atoms with van der Waals surface area (Å²) in [5.74, 6) is 0. The van der Waals surface area contributed by atoms with Crippen molar-refractivity contribution in [1.29, 1.82) is 0 Å². The Labute approximate surface area is 73.2 Å². The molecule has 1 aromatic carbocycles. The number of benzene rings is 1. The summed E-state index contributed by atoms with van der Waals surface area (Å²) in [4.78, 5) is 0. The van der Waals surface area contributed by atoms with Gasteiger partial charge in [-0.2, -0.15) is 0 Å². The van der Waals surface area contributed by atoms with Crippen molar-refractivity contribution in [3.8, 4) is 0 Å². The molecule has 1 unspecified atom stereocenters. The Morgan fingerprint density at radius 1 is 1.33 bits per heavy atom. The molecule has 0 heterocycles. The summed E-state index contributed by atoms with van der Waals surface area (Å²) in [5.41, 5.74) is 3.43. The fraction of sp³-hybridized carbons (Fsp3) is 0.400. The van der Waals surface area contributed by atoms with Crippen LogP contribution in [-0.2, 0) is 0 Å². The predicted octanol–water partition coefficient (Wildman–Crippen LogP) is 2.05. The van der Waals surface area contributed by atoms with Gasteiger partial charge < -0.3 is 10.4 Å². The van der Waals surface area contributed by atoms with Crippen LogP contribution in [0.5, 0.6) is 0 Å². The van der Waals surface area contributed by atoms with Gasteiger partial charge in [0.05, 0.1) is 0 Å². The van der Waals surface area contributed by atoms with E-state index in [1.165, 1.54) is 11.1 Å². The van der Waals surface area contributed by atoms with E-state index >= 15 is 0 Å². The van der Waals surface area contributed by atoms with E-state index in [0.29, 0.717) is 0 Å². The highest BCUT2D eigenvalue weighted by molar-refractivity contribution is 5.53. The van der Waals surface area contributed by atoms with Crippen LogP contribution in [0, 0.1) is 13.8 Å².